The molecule has 1 spiro atoms. The zero-order valence-electron chi connectivity index (χ0n) is 14.6. The highest BCUT2D eigenvalue weighted by atomic mass is 16.6. The molecular formula is C17H29NO5. The van der Waals surface area contributed by atoms with Crippen LogP contribution >= 0.6 is 0 Å². The minimum atomic E-state index is -0.922. The first kappa shape index (κ1) is 18.0. The summed E-state index contributed by atoms with van der Waals surface area (Å²) in [6.07, 6.45) is 2.94. The average Bonchev–Trinajstić information content (AvgIpc) is 2.72. The molecule has 23 heavy (non-hydrogen) atoms. The fraction of sp³-hybridized carbons (Fsp3) is 0.882. The SMILES string of the molecule is CCC1(C(=O)O)CC2(CCOCC2)CC1NC(=O)OC(C)(C)C. The van der Waals surface area contributed by atoms with Crippen molar-refractivity contribution in [2.24, 2.45) is 10.8 Å². The molecule has 6 heteroatoms. The van der Waals surface area contributed by atoms with Crippen molar-refractivity contribution < 1.29 is 24.2 Å². The topological polar surface area (TPSA) is 84.9 Å². The van der Waals surface area contributed by atoms with Gasteiger partial charge in [-0.15, -0.1) is 0 Å². The van der Waals surface area contributed by atoms with Crippen molar-refractivity contribution in [2.45, 2.75) is 71.4 Å². The number of hydrogen-bond acceptors (Lipinski definition) is 4. The molecule has 2 atom stereocenters. The number of amides is 1. The van der Waals surface area contributed by atoms with Crippen molar-refractivity contribution >= 4 is 12.1 Å². The second-order valence-electron chi connectivity index (χ2n) is 8.01. The molecule has 0 bridgehead atoms. The number of ether oxygens (including phenoxy) is 2. The largest absolute Gasteiger partial charge is 0.481 e. The number of carboxylic acids is 1. The van der Waals surface area contributed by atoms with Crippen LogP contribution < -0.4 is 5.32 Å². The van der Waals surface area contributed by atoms with E-state index in [-0.39, 0.29) is 5.41 Å². The summed E-state index contributed by atoms with van der Waals surface area (Å²) in [4.78, 5) is 24.2. The molecule has 2 rings (SSSR count). The van der Waals surface area contributed by atoms with E-state index in [1.807, 2.05) is 6.92 Å². The van der Waals surface area contributed by atoms with Gasteiger partial charge >= 0.3 is 12.1 Å². The zero-order chi connectivity index (χ0) is 17.3. The van der Waals surface area contributed by atoms with Crippen LogP contribution in [0, 0.1) is 10.8 Å². The predicted molar refractivity (Wildman–Crippen MR) is 85.2 cm³/mol. The van der Waals surface area contributed by atoms with Crippen LogP contribution in [-0.2, 0) is 14.3 Å². The van der Waals surface area contributed by atoms with Gasteiger partial charge in [0.1, 0.15) is 5.60 Å². The Morgan fingerprint density at radius 3 is 2.39 bits per heavy atom. The Labute approximate surface area is 137 Å². The second-order valence-corrected chi connectivity index (χ2v) is 8.01. The van der Waals surface area contributed by atoms with Gasteiger partial charge in [0.05, 0.1) is 5.41 Å². The van der Waals surface area contributed by atoms with Crippen LogP contribution in [0.2, 0.25) is 0 Å². The number of rotatable bonds is 3. The Bertz CT molecular complexity index is 464. The van der Waals surface area contributed by atoms with Crippen molar-refractivity contribution in [3.8, 4) is 0 Å². The molecule has 1 saturated carbocycles. The molecule has 2 unspecified atom stereocenters. The Hall–Kier alpha value is -1.30. The molecule has 1 heterocycles. The molecule has 0 aromatic heterocycles. The van der Waals surface area contributed by atoms with Crippen LogP contribution in [0.1, 0.15) is 59.8 Å². The summed E-state index contributed by atoms with van der Waals surface area (Å²) in [5, 5.41) is 12.7. The van der Waals surface area contributed by atoms with E-state index in [1.165, 1.54) is 0 Å². The summed E-state index contributed by atoms with van der Waals surface area (Å²) in [6.45, 7) is 8.61. The van der Waals surface area contributed by atoms with Gasteiger partial charge in [-0.25, -0.2) is 4.79 Å². The Morgan fingerprint density at radius 1 is 1.30 bits per heavy atom. The van der Waals surface area contributed by atoms with E-state index in [2.05, 4.69) is 5.32 Å². The number of carbonyl (C=O) groups excluding carboxylic acids is 1. The predicted octanol–water partition coefficient (Wildman–Crippen LogP) is 2.95. The third-order valence-electron chi connectivity index (χ3n) is 5.30. The van der Waals surface area contributed by atoms with Gasteiger partial charge in [-0.05, 0) is 58.3 Å². The standard InChI is InChI=1S/C17H29NO5/c1-5-17(13(19)20)11-16(6-8-22-9-7-16)10-12(17)18-14(21)23-15(2,3)4/h12H,5-11H2,1-4H3,(H,18,21)(H,19,20). The molecule has 1 aliphatic heterocycles. The molecular weight excluding hydrogens is 298 g/mol. The maximum atomic E-state index is 12.2. The van der Waals surface area contributed by atoms with Crippen molar-refractivity contribution in [3.63, 3.8) is 0 Å². The van der Waals surface area contributed by atoms with Gasteiger partial charge in [-0.1, -0.05) is 6.92 Å². The van der Waals surface area contributed by atoms with Crippen LogP contribution in [0.15, 0.2) is 0 Å². The minimum absolute atomic E-state index is 0.0493. The zero-order valence-corrected chi connectivity index (χ0v) is 14.6. The van der Waals surface area contributed by atoms with Crippen molar-refractivity contribution in [3.05, 3.63) is 0 Å². The van der Waals surface area contributed by atoms with Crippen LogP contribution in [0.4, 0.5) is 4.79 Å². The first-order valence-corrected chi connectivity index (χ1v) is 8.43. The average molecular weight is 327 g/mol. The van der Waals surface area contributed by atoms with E-state index >= 15 is 0 Å². The van der Waals surface area contributed by atoms with Gasteiger partial charge in [0.15, 0.2) is 0 Å². The normalized spacial score (nSPS) is 30.2. The highest BCUT2D eigenvalue weighted by molar-refractivity contribution is 5.78. The number of alkyl carbamates (subject to hydrolysis) is 1. The van der Waals surface area contributed by atoms with Crippen LogP contribution in [0.3, 0.4) is 0 Å². The number of nitrogens with one attached hydrogen (secondary N) is 1. The third kappa shape index (κ3) is 3.79. The highest BCUT2D eigenvalue weighted by Gasteiger charge is 2.58. The van der Waals surface area contributed by atoms with Gasteiger partial charge in [-0.3, -0.25) is 4.79 Å². The molecule has 0 aromatic carbocycles. The van der Waals surface area contributed by atoms with Gasteiger partial charge in [0.25, 0.3) is 0 Å². The summed E-state index contributed by atoms with van der Waals surface area (Å²) < 4.78 is 10.8. The number of carbonyl (C=O) groups is 2. The van der Waals surface area contributed by atoms with Crippen LogP contribution in [-0.4, -0.2) is 42.0 Å². The summed E-state index contributed by atoms with van der Waals surface area (Å²) in [5.41, 5.74) is -1.57. The Morgan fingerprint density at radius 2 is 1.91 bits per heavy atom. The van der Waals surface area contributed by atoms with E-state index in [0.717, 1.165) is 12.8 Å². The quantitative estimate of drug-likeness (QED) is 0.832. The monoisotopic (exact) mass is 327 g/mol. The first-order valence-electron chi connectivity index (χ1n) is 8.43. The summed E-state index contributed by atoms with van der Waals surface area (Å²) in [7, 11) is 0. The second kappa shape index (κ2) is 6.30. The molecule has 1 aliphatic carbocycles. The third-order valence-corrected chi connectivity index (χ3v) is 5.30. The highest BCUT2D eigenvalue weighted by Crippen LogP contribution is 2.56. The molecule has 2 N–H and O–H groups in total. The minimum Gasteiger partial charge on any atom is -0.481 e. The van der Waals surface area contributed by atoms with Gasteiger partial charge in [0, 0.05) is 19.3 Å². The van der Waals surface area contributed by atoms with E-state index in [1.54, 1.807) is 20.8 Å². The van der Waals surface area contributed by atoms with Crippen molar-refractivity contribution in [1.82, 2.24) is 5.32 Å². The molecule has 1 saturated heterocycles. The number of aliphatic carboxylic acids is 1. The Kier molecular flexibility index (Phi) is 4.95. The van der Waals surface area contributed by atoms with E-state index in [4.69, 9.17) is 9.47 Å². The van der Waals surface area contributed by atoms with Crippen molar-refractivity contribution in [2.75, 3.05) is 13.2 Å². The smallest absolute Gasteiger partial charge is 0.407 e. The lowest BCUT2D eigenvalue weighted by Gasteiger charge is -2.34. The molecule has 132 valence electrons. The van der Waals surface area contributed by atoms with E-state index in [9.17, 15) is 14.7 Å². The van der Waals surface area contributed by atoms with E-state index in [0.29, 0.717) is 32.5 Å². The summed E-state index contributed by atoms with van der Waals surface area (Å²) in [6, 6.07) is -0.405. The number of hydrogen-bond donors (Lipinski definition) is 2. The van der Waals surface area contributed by atoms with Gasteiger partial charge in [0.2, 0.25) is 0 Å². The lowest BCUT2D eigenvalue weighted by Crippen LogP contribution is -2.49. The summed E-state index contributed by atoms with van der Waals surface area (Å²) >= 11 is 0. The lowest BCUT2D eigenvalue weighted by atomic mass is 9.73. The molecule has 2 aliphatic rings. The molecule has 1 amide bonds. The Balaban J connectivity index is 2.20. The lowest BCUT2D eigenvalue weighted by molar-refractivity contribution is -0.150. The van der Waals surface area contributed by atoms with Crippen LogP contribution in [0.5, 0.6) is 0 Å². The molecule has 6 nitrogen and oxygen atoms in total. The van der Waals surface area contributed by atoms with Crippen molar-refractivity contribution in [1.29, 1.82) is 0 Å². The van der Waals surface area contributed by atoms with Gasteiger partial charge < -0.3 is 19.9 Å². The van der Waals surface area contributed by atoms with Gasteiger partial charge in [-0.2, -0.15) is 0 Å². The maximum Gasteiger partial charge on any atom is 0.407 e. The number of carboxylic acid groups (broad SMARTS) is 1. The molecule has 2 fully saturated rings. The molecule has 0 aromatic rings. The molecule has 0 radical (unpaired) electrons. The fourth-order valence-electron chi connectivity index (χ4n) is 4.06. The fourth-order valence-corrected chi connectivity index (χ4v) is 4.06. The summed E-state index contributed by atoms with van der Waals surface area (Å²) in [5.74, 6) is -0.829. The maximum absolute atomic E-state index is 12.2. The van der Waals surface area contributed by atoms with E-state index < -0.39 is 29.1 Å². The van der Waals surface area contributed by atoms with Crippen LogP contribution in [0.25, 0.3) is 0 Å². The first-order chi connectivity index (χ1) is 10.6.